The van der Waals surface area contributed by atoms with Crippen molar-refractivity contribution < 1.29 is 19.1 Å². The largest absolute Gasteiger partial charge is 0.369 e. The lowest BCUT2D eigenvalue weighted by atomic mass is 9.96. The lowest BCUT2D eigenvalue weighted by molar-refractivity contribution is -0.139. The minimum absolute atomic E-state index is 0.0900. The number of anilines is 1. The van der Waals surface area contributed by atoms with E-state index in [-0.39, 0.29) is 36.7 Å². The van der Waals surface area contributed by atoms with Crippen molar-refractivity contribution in [1.29, 1.82) is 0 Å². The molecule has 3 heterocycles. The Balaban J connectivity index is 1.46. The number of azide groups is 1. The zero-order valence-electron chi connectivity index (χ0n) is 21.2. The summed E-state index contributed by atoms with van der Waals surface area (Å²) < 4.78 is 5.52. The first-order valence-electron chi connectivity index (χ1n) is 12.7. The lowest BCUT2D eigenvalue weighted by Crippen LogP contribution is -2.54. The molecule has 5 atom stereocenters. The molecule has 3 fully saturated rings. The van der Waals surface area contributed by atoms with E-state index in [9.17, 15) is 14.4 Å². The maximum Gasteiger partial charge on any atom is 0.251 e. The van der Waals surface area contributed by atoms with E-state index < -0.39 is 24.2 Å². The number of rotatable bonds is 8. The highest BCUT2D eigenvalue weighted by Gasteiger charge is 2.53. The molecule has 0 spiro atoms. The van der Waals surface area contributed by atoms with Crippen molar-refractivity contribution in [2.45, 2.75) is 51.4 Å². The fourth-order valence-electron chi connectivity index (χ4n) is 5.26. The number of hydrogen-bond donors (Lipinski definition) is 1. The van der Waals surface area contributed by atoms with Gasteiger partial charge >= 0.3 is 0 Å². The highest BCUT2D eigenvalue weighted by Crippen LogP contribution is 2.31. The van der Waals surface area contributed by atoms with Crippen molar-refractivity contribution in [1.82, 2.24) is 15.1 Å². The Hall–Kier alpha value is -3.14. The summed E-state index contributed by atoms with van der Waals surface area (Å²) in [4.78, 5) is 48.3. The summed E-state index contributed by atoms with van der Waals surface area (Å²) in [5, 5.41) is 6.65. The van der Waals surface area contributed by atoms with E-state index >= 15 is 0 Å². The monoisotopic (exact) mass is 497 g/mol. The maximum absolute atomic E-state index is 13.6. The molecule has 36 heavy (non-hydrogen) atoms. The zero-order chi connectivity index (χ0) is 25.8. The number of piperazine rings is 1. The van der Waals surface area contributed by atoms with E-state index in [1.165, 1.54) is 4.90 Å². The number of fused-ring (bicyclic) bond motifs is 1. The summed E-state index contributed by atoms with van der Waals surface area (Å²) in [5.41, 5.74) is 10.4. The van der Waals surface area contributed by atoms with Crippen LogP contribution in [0.15, 0.2) is 29.4 Å². The third kappa shape index (κ3) is 5.18. The standard InChI is InChI=1S/C25H35N7O4/c1-4-16(3)21(25(35)32-14-19(28-29-26)23-22(32)20(33)15-36-23)27-24(34)17-6-8-18(9-7-17)31-12-10-30(5-2)11-13-31/h6-9,16,19,21-23H,4-5,10-15H2,1-3H3,(H,27,34)/t16-,19-,21-,22+,23+/m0/s1. The molecule has 1 aromatic rings. The fraction of sp³-hybridized carbons (Fsp3) is 0.640. The molecule has 11 nitrogen and oxygen atoms in total. The van der Waals surface area contributed by atoms with Gasteiger partial charge in [-0.2, -0.15) is 0 Å². The fourth-order valence-corrected chi connectivity index (χ4v) is 5.26. The van der Waals surface area contributed by atoms with Crippen molar-refractivity contribution in [3.8, 4) is 0 Å². The van der Waals surface area contributed by atoms with Crippen molar-refractivity contribution in [3.63, 3.8) is 0 Å². The summed E-state index contributed by atoms with van der Waals surface area (Å²) in [6.07, 6.45) is 0.0169. The summed E-state index contributed by atoms with van der Waals surface area (Å²) in [6, 6.07) is 5.23. The third-order valence-electron chi connectivity index (χ3n) is 7.72. The van der Waals surface area contributed by atoms with Gasteiger partial charge in [-0.1, -0.05) is 32.3 Å². The molecule has 1 aromatic carbocycles. The van der Waals surface area contributed by atoms with Crippen LogP contribution in [-0.4, -0.2) is 97.5 Å². The van der Waals surface area contributed by atoms with E-state index in [1.807, 2.05) is 26.0 Å². The number of nitrogens with one attached hydrogen (secondary N) is 1. The van der Waals surface area contributed by atoms with E-state index in [1.54, 1.807) is 12.1 Å². The predicted molar refractivity (Wildman–Crippen MR) is 135 cm³/mol. The summed E-state index contributed by atoms with van der Waals surface area (Å²) in [5.74, 6) is -1.07. The average Bonchev–Trinajstić information content (AvgIpc) is 3.47. The van der Waals surface area contributed by atoms with Gasteiger partial charge in [0.05, 0.1) is 12.1 Å². The van der Waals surface area contributed by atoms with Crippen LogP contribution >= 0.6 is 0 Å². The molecule has 3 saturated heterocycles. The van der Waals surface area contributed by atoms with Crippen LogP contribution in [0.5, 0.6) is 0 Å². The Kier molecular flexibility index (Phi) is 8.13. The first-order chi connectivity index (χ1) is 17.4. The van der Waals surface area contributed by atoms with Crippen molar-refractivity contribution >= 4 is 23.3 Å². The molecule has 0 bridgehead atoms. The summed E-state index contributed by atoms with van der Waals surface area (Å²) in [6.45, 7) is 11.0. The Morgan fingerprint density at radius 3 is 2.50 bits per heavy atom. The number of benzene rings is 1. The maximum atomic E-state index is 13.6. The molecule has 0 aliphatic carbocycles. The van der Waals surface area contributed by atoms with Gasteiger partial charge in [0.15, 0.2) is 5.78 Å². The molecule has 0 aromatic heterocycles. The second-order valence-corrected chi connectivity index (χ2v) is 9.75. The molecule has 0 radical (unpaired) electrons. The zero-order valence-corrected chi connectivity index (χ0v) is 21.2. The summed E-state index contributed by atoms with van der Waals surface area (Å²) >= 11 is 0. The lowest BCUT2D eigenvalue weighted by Gasteiger charge is -2.35. The minimum Gasteiger partial charge on any atom is -0.369 e. The van der Waals surface area contributed by atoms with Gasteiger partial charge in [-0.25, -0.2) is 0 Å². The van der Waals surface area contributed by atoms with Gasteiger partial charge in [0.1, 0.15) is 18.7 Å². The number of likely N-dealkylation sites (N-methyl/N-ethyl adjacent to an activating group) is 1. The molecule has 0 saturated carbocycles. The van der Waals surface area contributed by atoms with Gasteiger partial charge in [-0.3, -0.25) is 14.4 Å². The molecule has 3 aliphatic rings. The van der Waals surface area contributed by atoms with Crippen LogP contribution in [0.1, 0.15) is 37.6 Å². The minimum atomic E-state index is -0.817. The second kappa shape index (κ2) is 11.3. The van der Waals surface area contributed by atoms with Gasteiger partial charge in [0, 0.05) is 48.9 Å². The SMILES string of the molecule is CC[C@H](C)[C@H](NC(=O)c1ccc(N2CCN(CC)CC2)cc1)C(=O)N1C[C@H](N=[N+]=[N-])[C@H]2OCC(=O)[C@H]21. The molecule has 0 unspecified atom stereocenters. The quantitative estimate of drug-likeness (QED) is 0.331. The Labute approximate surface area is 211 Å². The normalized spacial score (nSPS) is 25.8. The van der Waals surface area contributed by atoms with Gasteiger partial charge in [0.2, 0.25) is 5.91 Å². The summed E-state index contributed by atoms with van der Waals surface area (Å²) in [7, 11) is 0. The molecular weight excluding hydrogens is 462 g/mol. The van der Waals surface area contributed by atoms with Crippen LogP contribution in [0.3, 0.4) is 0 Å². The van der Waals surface area contributed by atoms with E-state index in [2.05, 4.69) is 32.1 Å². The number of Topliss-reactive ketones (excluding diaryl/α,β-unsaturated/α-hetero) is 1. The Morgan fingerprint density at radius 2 is 1.89 bits per heavy atom. The number of ether oxygens (including phenoxy) is 1. The number of hydrogen-bond acceptors (Lipinski definition) is 7. The van der Waals surface area contributed by atoms with Gasteiger partial charge in [-0.15, -0.1) is 0 Å². The number of carbonyl (C=O) groups excluding carboxylic acids is 3. The number of ketones is 1. The van der Waals surface area contributed by atoms with Crippen LogP contribution in [0.25, 0.3) is 10.4 Å². The van der Waals surface area contributed by atoms with E-state index in [0.29, 0.717) is 12.0 Å². The molecule has 1 N–H and O–H groups in total. The molecule has 2 amide bonds. The molecule has 11 heteroatoms. The number of carbonyl (C=O) groups is 3. The number of likely N-dealkylation sites (tertiary alicyclic amines) is 1. The first kappa shape index (κ1) is 25.9. The molecule has 194 valence electrons. The molecular formula is C25H35N7O4. The highest BCUT2D eigenvalue weighted by atomic mass is 16.5. The van der Waals surface area contributed by atoms with Crippen LogP contribution < -0.4 is 10.2 Å². The van der Waals surface area contributed by atoms with Crippen LogP contribution in [0, 0.1) is 5.92 Å². The van der Waals surface area contributed by atoms with Crippen LogP contribution in [0.2, 0.25) is 0 Å². The average molecular weight is 498 g/mol. The van der Waals surface area contributed by atoms with Gasteiger partial charge in [0.25, 0.3) is 5.91 Å². The highest BCUT2D eigenvalue weighted by molar-refractivity contribution is 5.99. The van der Waals surface area contributed by atoms with Crippen LogP contribution in [0.4, 0.5) is 5.69 Å². The van der Waals surface area contributed by atoms with E-state index in [4.69, 9.17) is 10.3 Å². The van der Waals surface area contributed by atoms with Gasteiger partial charge in [-0.05, 0) is 42.3 Å². The number of amides is 2. The molecule has 3 aliphatic heterocycles. The van der Waals surface area contributed by atoms with Crippen LogP contribution in [-0.2, 0) is 14.3 Å². The predicted octanol–water partition coefficient (Wildman–Crippen LogP) is 1.83. The first-order valence-corrected chi connectivity index (χ1v) is 12.7. The molecule has 4 rings (SSSR count). The van der Waals surface area contributed by atoms with E-state index in [0.717, 1.165) is 38.4 Å². The van der Waals surface area contributed by atoms with Crippen molar-refractivity contribution in [3.05, 3.63) is 40.3 Å². The Morgan fingerprint density at radius 1 is 1.19 bits per heavy atom. The van der Waals surface area contributed by atoms with Gasteiger partial charge < -0.3 is 24.8 Å². The second-order valence-electron chi connectivity index (χ2n) is 9.75. The number of nitrogens with zero attached hydrogens (tertiary/aromatic N) is 6. The Bertz CT molecular complexity index is 1020. The smallest absolute Gasteiger partial charge is 0.251 e. The third-order valence-corrected chi connectivity index (χ3v) is 7.72. The van der Waals surface area contributed by atoms with Crippen molar-refractivity contribution in [2.75, 3.05) is 50.8 Å². The van der Waals surface area contributed by atoms with Crippen molar-refractivity contribution in [2.24, 2.45) is 11.0 Å². The topological polar surface area (TPSA) is 131 Å².